The van der Waals surface area contributed by atoms with Gasteiger partial charge < -0.3 is 19.8 Å². The molecule has 1 saturated carbocycles. The van der Waals surface area contributed by atoms with Gasteiger partial charge in [-0.05, 0) is 30.4 Å². The van der Waals surface area contributed by atoms with Crippen LogP contribution in [0.5, 0.6) is 0 Å². The third-order valence-electron chi connectivity index (χ3n) is 6.93. The zero-order chi connectivity index (χ0) is 28.2. The molecule has 4 rings (SSSR count). The molecule has 1 fully saturated rings. The molecule has 0 unspecified atom stereocenters. The van der Waals surface area contributed by atoms with Crippen LogP contribution in [-0.2, 0) is 20.9 Å². The van der Waals surface area contributed by atoms with Crippen molar-refractivity contribution in [1.82, 2.24) is 15.3 Å². The molecule has 1 heterocycles. The summed E-state index contributed by atoms with van der Waals surface area (Å²) >= 11 is 0. The first kappa shape index (κ1) is 28.3. The van der Waals surface area contributed by atoms with Crippen LogP contribution in [-0.4, -0.2) is 41.5 Å². The van der Waals surface area contributed by atoms with Crippen LogP contribution in [0.4, 0.5) is 26.7 Å². The van der Waals surface area contributed by atoms with Gasteiger partial charge in [-0.3, -0.25) is 4.79 Å². The summed E-state index contributed by atoms with van der Waals surface area (Å²) in [5.41, 5.74) is 0.370. The van der Waals surface area contributed by atoms with Gasteiger partial charge in [0.15, 0.2) is 5.82 Å². The van der Waals surface area contributed by atoms with Crippen molar-refractivity contribution in [2.45, 2.75) is 63.0 Å². The molecule has 0 bridgehead atoms. The summed E-state index contributed by atoms with van der Waals surface area (Å²) in [6.07, 6.45) is -5.28. The maximum absolute atomic E-state index is 15.5. The number of benzene rings is 2. The fraction of sp³-hybridized carbons (Fsp3) is 0.444. The number of nitrogens with zero attached hydrogens (tertiary/aromatic N) is 1. The van der Waals surface area contributed by atoms with E-state index in [0.717, 1.165) is 12.7 Å². The topological polar surface area (TPSA) is 93.3 Å². The normalized spacial score (nSPS) is 17.1. The van der Waals surface area contributed by atoms with E-state index in [1.54, 1.807) is 24.3 Å². The summed E-state index contributed by atoms with van der Waals surface area (Å²) in [7, 11) is 1.02. The van der Waals surface area contributed by atoms with Gasteiger partial charge in [-0.1, -0.05) is 36.4 Å². The highest BCUT2D eigenvalue weighted by atomic mass is 19.3. The smallest absolute Gasteiger partial charge is 0.408 e. The third kappa shape index (κ3) is 6.85. The zero-order valence-electron chi connectivity index (χ0n) is 21.1. The minimum atomic E-state index is -2.89. The van der Waals surface area contributed by atoms with Gasteiger partial charge >= 0.3 is 12.1 Å². The van der Waals surface area contributed by atoms with Crippen LogP contribution in [0.15, 0.2) is 42.5 Å². The van der Waals surface area contributed by atoms with Crippen LogP contribution in [0.2, 0.25) is 0 Å². The monoisotopic (exact) mass is 553 g/mol. The van der Waals surface area contributed by atoms with E-state index in [9.17, 15) is 27.2 Å². The van der Waals surface area contributed by atoms with Crippen molar-refractivity contribution in [3.05, 3.63) is 65.2 Å². The van der Waals surface area contributed by atoms with Crippen LogP contribution < -0.4 is 5.32 Å². The van der Waals surface area contributed by atoms with Crippen LogP contribution in [0.1, 0.15) is 61.0 Å². The molecule has 3 aromatic rings. The fourth-order valence-electron chi connectivity index (χ4n) is 4.86. The molecule has 1 aliphatic carbocycles. The van der Waals surface area contributed by atoms with Crippen LogP contribution in [0.25, 0.3) is 11.0 Å². The van der Waals surface area contributed by atoms with E-state index in [0.29, 0.717) is 0 Å². The Labute approximate surface area is 221 Å². The number of nitrogens with one attached hydrogen (secondary N) is 2. The molecule has 0 aliphatic heterocycles. The van der Waals surface area contributed by atoms with Gasteiger partial charge in [-0.15, -0.1) is 0 Å². The molecule has 0 spiro atoms. The first-order valence-corrected chi connectivity index (χ1v) is 12.5. The largest absolute Gasteiger partial charge is 0.469 e. The maximum Gasteiger partial charge on any atom is 0.408 e. The SMILES string of the molecule is COC(=O)[C@@H](CC(F)F)c1ccc2[nH]c([C@@H](NC(=O)OCc3ccccc3)C3CCC(F)(F)CC3)nc2c1F. The first-order chi connectivity index (χ1) is 18.6. The molecule has 210 valence electrons. The molecule has 2 aromatic carbocycles. The van der Waals surface area contributed by atoms with Crippen LogP contribution >= 0.6 is 0 Å². The van der Waals surface area contributed by atoms with Crippen LogP contribution in [0, 0.1) is 11.7 Å². The Morgan fingerprint density at radius 3 is 2.46 bits per heavy atom. The number of alkyl carbamates (subject to hydrolysis) is 1. The number of H-pyrrole nitrogens is 1. The van der Waals surface area contributed by atoms with E-state index < -0.39 is 54.5 Å². The Morgan fingerprint density at radius 1 is 1.13 bits per heavy atom. The summed E-state index contributed by atoms with van der Waals surface area (Å²) < 4.78 is 79.4. The number of ether oxygens (including phenoxy) is 2. The second-order valence-corrected chi connectivity index (χ2v) is 9.57. The summed E-state index contributed by atoms with van der Waals surface area (Å²) in [5.74, 6) is -6.76. The van der Waals surface area contributed by atoms with Crippen molar-refractivity contribution in [1.29, 1.82) is 0 Å². The average molecular weight is 554 g/mol. The molecule has 0 radical (unpaired) electrons. The van der Waals surface area contributed by atoms with E-state index in [4.69, 9.17) is 4.74 Å². The predicted octanol–water partition coefficient (Wildman–Crippen LogP) is 6.41. The van der Waals surface area contributed by atoms with Gasteiger partial charge in [0.1, 0.15) is 17.9 Å². The lowest BCUT2D eigenvalue weighted by atomic mass is 9.82. The van der Waals surface area contributed by atoms with E-state index in [2.05, 4.69) is 20.0 Å². The standard InChI is InChI=1S/C27H28F5N3O4/c1-38-25(36)18(13-20(28)29)17-7-8-19-23(21(17)30)34-24(33-19)22(16-9-11-27(31,32)12-10-16)35-26(37)39-14-15-5-3-2-4-6-15/h2-8,16,18,20,22H,9-14H2,1H3,(H,33,34)(H,35,37)/t18-,22-/m0/s1. The van der Waals surface area contributed by atoms with Gasteiger partial charge in [0.25, 0.3) is 0 Å². The molecule has 39 heavy (non-hydrogen) atoms. The molecule has 1 aromatic heterocycles. The number of rotatable bonds is 9. The Morgan fingerprint density at radius 2 is 1.82 bits per heavy atom. The number of methoxy groups -OCH3 is 1. The summed E-state index contributed by atoms with van der Waals surface area (Å²) in [4.78, 5) is 32.0. The molecular weight excluding hydrogens is 525 g/mol. The number of esters is 1. The van der Waals surface area contributed by atoms with Crippen molar-refractivity contribution in [3.63, 3.8) is 0 Å². The summed E-state index contributed by atoms with van der Waals surface area (Å²) in [5, 5.41) is 2.68. The molecule has 0 saturated heterocycles. The van der Waals surface area contributed by atoms with Crippen LogP contribution in [0.3, 0.4) is 0 Å². The number of imidazole rings is 1. The Hall–Kier alpha value is -3.70. The lowest BCUT2D eigenvalue weighted by Crippen LogP contribution is -2.38. The molecule has 1 amide bonds. The van der Waals surface area contributed by atoms with Gasteiger partial charge in [-0.25, -0.2) is 31.7 Å². The van der Waals surface area contributed by atoms with Crippen molar-refractivity contribution in [2.75, 3.05) is 7.11 Å². The van der Waals surface area contributed by atoms with Gasteiger partial charge in [0.2, 0.25) is 12.3 Å². The average Bonchev–Trinajstić information content (AvgIpc) is 3.35. The molecule has 1 aliphatic rings. The number of hydrogen-bond donors (Lipinski definition) is 2. The first-order valence-electron chi connectivity index (χ1n) is 12.5. The van der Waals surface area contributed by atoms with E-state index in [1.807, 2.05) is 6.07 Å². The number of alkyl halides is 4. The molecule has 2 atom stereocenters. The number of fused-ring (bicyclic) bond motifs is 1. The van der Waals surface area contributed by atoms with Gasteiger partial charge in [0, 0.05) is 24.8 Å². The third-order valence-corrected chi connectivity index (χ3v) is 6.93. The van der Waals surface area contributed by atoms with Crippen molar-refractivity contribution in [3.8, 4) is 0 Å². The van der Waals surface area contributed by atoms with Gasteiger partial charge in [0.05, 0.1) is 24.6 Å². The Kier molecular flexibility index (Phi) is 8.71. The number of carbonyl (C=O) groups excluding carboxylic acids is 2. The molecule has 12 heteroatoms. The zero-order valence-corrected chi connectivity index (χ0v) is 21.1. The van der Waals surface area contributed by atoms with Crippen molar-refractivity contribution in [2.24, 2.45) is 5.92 Å². The lowest BCUT2D eigenvalue weighted by molar-refractivity contribution is -0.143. The Balaban J connectivity index is 1.63. The quantitative estimate of drug-likeness (QED) is 0.236. The predicted molar refractivity (Wildman–Crippen MR) is 131 cm³/mol. The summed E-state index contributed by atoms with van der Waals surface area (Å²) in [6, 6.07) is 10.6. The lowest BCUT2D eigenvalue weighted by Gasteiger charge is -2.33. The number of carbonyl (C=O) groups is 2. The Bertz CT molecular complexity index is 1290. The minimum absolute atomic E-state index is 0.0285. The number of halogens is 5. The minimum Gasteiger partial charge on any atom is -0.469 e. The number of hydrogen-bond acceptors (Lipinski definition) is 5. The molecule has 2 N–H and O–H groups in total. The maximum atomic E-state index is 15.5. The number of amides is 1. The van der Waals surface area contributed by atoms with Gasteiger partial charge in [-0.2, -0.15) is 0 Å². The van der Waals surface area contributed by atoms with E-state index in [1.165, 1.54) is 12.1 Å². The highest BCUT2D eigenvalue weighted by molar-refractivity contribution is 5.83. The summed E-state index contributed by atoms with van der Waals surface area (Å²) in [6.45, 7) is -0.0285. The highest BCUT2D eigenvalue weighted by Gasteiger charge is 2.40. The second-order valence-electron chi connectivity index (χ2n) is 9.57. The van der Waals surface area contributed by atoms with Crippen molar-refractivity contribution >= 4 is 23.1 Å². The highest BCUT2D eigenvalue weighted by Crippen LogP contribution is 2.41. The van der Waals surface area contributed by atoms with E-state index in [-0.39, 0.29) is 54.7 Å². The van der Waals surface area contributed by atoms with E-state index >= 15 is 4.39 Å². The second kappa shape index (κ2) is 12.0. The number of aromatic nitrogens is 2. The fourth-order valence-corrected chi connectivity index (χ4v) is 4.86. The molecular formula is C27H28F5N3O4. The van der Waals surface area contributed by atoms with Crippen molar-refractivity contribution < 1.29 is 41.0 Å². The number of aromatic amines is 1. The molecule has 7 nitrogen and oxygen atoms in total.